The number of hydrogen-bond donors (Lipinski definition) is 1. The maximum atomic E-state index is 4.69. The molecule has 4 heteroatoms. The fraction of sp³-hybridized carbons (Fsp3) is 0.800. The first-order valence-electron chi connectivity index (χ1n) is 7.16. The van der Waals surface area contributed by atoms with Crippen molar-refractivity contribution < 1.29 is 0 Å². The molecule has 110 valence electrons. The van der Waals surface area contributed by atoms with Gasteiger partial charge in [0.1, 0.15) is 5.01 Å². The lowest BCUT2D eigenvalue weighted by molar-refractivity contribution is 0.269. The molecule has 1 aromatic heterocycles. The summed E-state index contributed by atoms with van der Waals surface area (Å²) < 4.78 is 0. The largest absolute Gasteiger partial charge is 0.310 e. The Kier molecular flexibility index (Phi) is 6.43. The van der Waals surface area contributed by atoms with Crippen LogP contribution in [-0.2, 0) is 12.0 Å². The molecule has 0 saturated heterocycles. The molecule has 0 fully saturated rings. The number of rotatable bonds is 7. The van der Waals surface area contributed by atoms with Crippen LogP contribution in [0.5, 0.6) is 0 Å². The highest BCUT2D eigenvalue weighted by atomic mass is 32.1. The zero-order valence-electron chi connectivity index (χ0n) is 13.3. The normalized spacial score (nSPS) is 12.6. The Balaban J connectivity index is 2.21. The van der Waals surface area contributed by atoms with E-state index in [9.17, 15) is 0 Å². The molecular formula is C15H29N3S. The summed E-state index contributed by atoms with van der Waals surface area (Å²) in [5.74, 6) is 0. The summed E-state index contributed by atoms with van der Waals surface area (Å²) in [7, 11) is 2.18. The average Bonchev–Trinajstić information content (AvgIpc) is 2.76. The van der Waals surface area contributed by atoms with E-state index in [0.29, 0.717) is 6.04 Å². The van der Waals surface area contributed by atoms with E-state index < -0.39 is 0 Å². The van der Waals surface area contributed by atoms with Crippen molar-refractivity contribution in [2.45, 2.75) is 59.0 Å². The number of aromatic nitrogens is 1. The topological polar surface area (TPSA) is 28.2 Å². The highest BCUT2D eigenvalue weighted by Gasteiger charge is 2.17. The van der Waals surface area contributed by atoms with Crippen molar-refractivity contribution in [2.24, 2.45) is 0 Å². The molecule has 3 nitrogen and oxygen atoms in total. The lowest BCUT2D eigenvalue weighted by Crippen LogP contribution is -2.29. The summed E-state index contributed by atoms with van der Waals surface area (Å²) in [5, 5.41) is 6.86. The van der Waals surface area contributed by atoms with Gasteiger partial charge in [-0.15, -0.1) is 11.3 Å². The van der Waals surface area contributed by atoms with Gasteiger partial charge in [0.05, 0.1) is 5.69 Å². The monoisotopic (exact) mass is 283 g/mol. The van der Waals surface area contributed by atoms with Gasteiger partial charge in [-0.05, 0) is 40.4 Å². The Morgan fingerprint density at radius 3 is 2.58 bits per heavy atom. The molecule has 0 amide bonds. The molecule has 0 aliphatic carbocycles. The molecule has 1 rings (SSSR count). The lowest BCUT2D eigenvalue weighted by atomic mass is 9.93. The van der Waals surface area contributed by atoms with Crippen LogP contribution < -0.4 is 5.32 Å². The maximum Gasteiger partial charge on any atom is 0.107 e. The van der Waals surface area contributed by atoms with Crippen LogP contribution in [0.15, 0.2) is 5.38 Å². The molecule has 0 unspecified atom stereocenters. The van der Waals surface area contributed by atoms with Gasteiger partial charge in [0.2, 0.25) is 0 Å². The second-order valence-electron chi connectivity index (χ2n) is 6.48. The highest BCUT2D eigenvalue weighted by Crippen LogP contribution is 2.23. The second-order valence-corrected chi connectivity index (χ2v) is 7.42. The van der Waals surface area contributed by atoms with Crippen LogP contribution in [0.3, 0.4) is 0 Å². The van der Waals surface area contributed by atoms with E-state index in [0.717, 1.165) is 19.6 Å². The maximum absolute atomic E-state index is 4.69. The van der Waals surface area contributed by atoms with Crippen molar-refractivity contribution in [3.63, 3.8) is 0 Å². The minimum Gasteiger partial charge on any atom is -0.310 e. The highest BCUT2D eigenvalue weighted by molar-refractivity contribution is 7.09. The van der Waals surface area contributed by atoms with Gasteiger partial charge in [-0.25, -0.2) is 4.98 Å². The van der Waals surface area contributed by atoms with Crippen LogP contribution in [0.25, 0.3) is 0 Å². The van der Waals surface area contributed by atoms with Gasteiger partial charge in [-0.1, -0.05) is 20.8 Å². The van der Waals surface area contributed by atoms with Crippen LogP contribution in [0.1, 0.15) is 51.7 Å². The molecule has 0 aromatic carbocycles. The van der Waals surface area contributed by atoms with Crippen molar-refractivity contribution in [2.75, 3.05) is 20.1 Å². The Bertz CT molecular complexity index is 366. The summed E-state index contributed by atoms with van der Waals surface area (Å²) in [5.41, 5.74) is 1.36. The number of nitrogens with zero attached hydrogens (tertiary/aromatic N) is 2. The standard InChI is InChI=1S/C15H29N3S/c1-12(2)18(6)9-7-8-16-10-14-17-13(11-19-14)15(3,4)5/h11-12,16H,7-10H2,1-6H3. The predicted octanol–water partition coefficient (Wildman–Crippen LogP) is 3.26. The van der Waals surface area contributed by atoms with Crippen LogP contribution in [0, 0.1) is 0 Å². The number of hydrogen-bond acceptors (Lipinski definition) is 4. The fourth-order valence-corrected chi connectivity index (χ4v) is 2.63. The molecule has 1 N–H and O–H groups in total. The third kappa shape index (κ3) is 6.02. The SMILES string of the molecule is CC(C)N(C)CCCNCc1nc(C(C)(C)C)cs1. The molecule has 1 heterocycles. The van der Waals surface area contributed by atoms with Crippen molar-refractivity contribution >= 4 is 11.3 Å². The summed E-state index contributed by atoms with van der Waals surface area (Å²) in [6.07, 6.45) is 1.19. The van der Waals surface area contributed by atoms with Crippen molar-refractivity contribution in [3.8, 4) is 0 Å². The van der Waals surface area contributed by atoms with Crippen LogP contribution in [-0.4, -0.2) is 36.1 Å². The first-order chi connectivity index (χ1) is 8.80. The van der Waals surface area contributed by atoms with E-state index in [2.05, 4.69) is 62.2 Å². The zero-order chi connectivity index (χ0) is 14.5. The van der Waals surface area contributed by atoms with Crippen molar-refractivity contribution in [1.82, 2.24) is 15.2 Å². The molecule has 0 aliphatic rings. The second kappa shape index (κ2) is 7.36. The smallest absolute Gasteiger partial charge is 0.107 e. The third-order valence-electron chi connectivity index (χ3n) is 3.34. The zero-order valence-corrected chi connectivity index (χ0v) is 14.1. The number of thiazole rings is 1. The first kappa shape index (κ1) is 16.6. The van der Waals surface area contributed by atoms with E-state index in [1.165, 1.54) is 17.1 Å². The Hall–Kier alpha value is -0.450. The predicted molar refractivity (Wildman–Crippen MR) is 84.9 cm³/mol. The molecule has 0 spiro atoms. The van der Waals surface area contributed by atoms with E-state index in [1.54, 1.807) is 11.3 Å². The minimum absolute atomic E-state index is 0.161. The molecule has 19 heavy (non-hydrogen) atoms. The summed E-state index contributed by atoms with van der Waals surface area (Å²) in [6.45, 7) is 14.2. The Labute approximate surface area is 122 Å². The van der Waals surface area contributed by atoms with Crippen LogP contribution in [0.2, 0.25) is 0 Å². The fourth-order valence-electron chi connectivity index (χ4n) is 1.64. The molecule has 1 aromatic rings. The van der Waals surface area contributed by atoms with Crippen molar-refractivity contribution in [3.05, 3.63) is 16.1 Å². The Morgan fingerprint density at radius 1 is 1.37 bits per heavy atom. The van der Waals surface area contributed by atoms with E-state index in [4.69, 9.17) is 0 Å². The first-order valence-corrected chi connectivity index (χ1v) is 8.04. The van der Waals surface area contributed by atoms with Gasteiger partial charge < -0.3 is 10.2 Å². The van der Waals surface area contributed by atoms with Gasteiger partial charge >= 0.3 is 0 Å². The molecule has 0 radical (unpaired) electrons. The van der Waals surface area contributed by atoms with Crippen LogP contribution in [0.4, 0.5) is 0 Å². The van der Waals surface area contributed by atoms with Gasteiger partial charge in [0, 0.05) is 23.4 Å². The van der Waals surface area contributed by atoms with E-state index in [-0.39, 0.29) is 5.41 Å². The molecule has 0 saturated carbocycles. The summed E-state index contributed by atoms with van der Waals surface area (Å²) in [4.78, 5) is 7.07. The van der Waals surface area contributed by atoms with E-state index in [1.807, 2.05) is 0 Å². The third-order valence-corrected chi connectivity index (χ3v) is 4.19. The Morgan fingerprint density at radius 2 is 2.05 bits per heavy atom. The molecule has 0 atom stereocenters. The summed E-state index contributed by atoms with van der Waals surface area (Å²) in [6, 6.07) is 0.633. The molecule has 0 aliphatic heterocycles. The molecule has 0 bridgehead atoms. The number of nitrogens with one attached hydrogen (secondary N) is 1. The quantitative estimate of drug-likeness (QED) is 0.779. The van der Waals surface area contributed by atoms with Crippen LogP contribution >= 0.6 is 11.3 Å². The minimum atomic E-state index is 0.161. The van der Waals surface area contributed by atoms with E-state index >= 15 is 0 Å². The summed E-state index contributed by atoms with van der Waals surface area (Å²) >= 11 is 1.76. The lowest BCUT2D eigenvalue weighted by Gasteiger charge is -2.20. The van der Waals surface area contributed by atoms with Crippen molar-refractivity contribution in [1.29, 1.82) is 0 Å². The van der Waals surface area contributed by atoms with Gasteiger partial charge in [0.15, 0.2) is 0 Å². The average molecular weight is 283 g/mol. The molecular weight excluding hydrogens is 254 g/mol. The van der Waals surface area contributed by atoms with Gasteiger partial charge in [-0.2, -0.15) is 0 Å². The van der Waals surface area contributed by atoms with Gasteiger partial charge in [-0.3, -0.25) is 0 Å². The van der Waals surface area contributed by atoms with Gasteiger partial charge in [0.25, 0.3) is 0 Å².